The predicted molar refractivity (Wildman–Crippen MR) is 141 cm³/mol. The maximum absolute atomic E-state index is 2.42. The summed E-state index contributed by atoms with van der Waals surface area (Å²) in [6.45, 7) is 0. The summed E-state index contributed by atoms with van der Waals surface area (Å²) >= 11 is 2.42. The van der Waals surface area contributed by atoms with Crippen LogP contribution in [0.2, 0.25) is 0 Å². The average molecular weight is 508 g/mol. The Balaban J connectivity index is 1.77. The molecule has 0 spiro atoms. The van der Waals surface area contributed by atoms with E-state index in [1.807, 2.05) is 0 Å². The summed E-state index contributed by atoms with van der Waals surface area (Å²) in [5.74, 6) is 0. The van der Waals surface area contributed by atoms with Crippen LogP contribution in [0.25, 0.3) is 60.1 Å². The van der Waals surface area contributed by atoms with Gasteiger partial charge in [0.2, 0.25) is 0 Å². The quantitative estimate of drug-likeness (QED) is 0.198. The fraction of sp³-hybridized carbons (Fsp3) is 0. The summed E-state index contributed by atoms with van der Waals surface area (Å²) < 4.78 is 4.70. The topological polar surface area (TPSA) is 9.86 Å². The molecule has 0 saturated carbocycles. The summed E-state index contributed by atoms with van der Waals surface area (Å²) in [5, 5.41) is 7.81. The Kier molecular flexibility index (Phi) is 3.56. The van der Waals surface area contributed by atoms with Crippen molar-refractivity contribution in [3.05, 3.63) is 103 Å². The molecule has 0 aliphatic heterocycles. The summed E-state index contributed by atoms with van der Waals surface area (Å²) in [5.41, 5.74) is 6.23. The first-order valence-corrected chi connectivity index (χ1v) is 11.4. The normalized spacial score (nSPS) is 12.0. The third kappa shape index (κ3) is 2.27. The van der Waals surface area contributed by atoms with Crippen molar-refractivity contribution in [2.45, 2.75) is 0 Å². The van der Waals surface area contributed by atoms with E-state index >= 15 is 0 Å². The van der Waals surface area contributed by atoms with Gasteiger partial charge in [0.05, 0.1) is 44.9 Å². The molecular weight excluding hydrogens is 491 g/mol. The van der Waals surface area contributed by atoms with Crippen molar-refractivity contribution >= 4 is 77.2 Å². The van der Waals surface area contributed by atoms with Crippen LogP contribution in [0.4, 0.5) is 0 Å². The molecule has 7 rings (SSSR count). The Morgan fingerprint density at radius 3 is 1.90 bits per heavy atom. The minimum absolute atomic E-state index is 1.19. The van der Waals surface area contributed by atoms with Gasteiger partial charge in [0.25, 0.3) is 0 Å². The van der Waals surface area contributed by atoms with Crippen LogP contribution < -0.4 is 0 Å². The molecule has 0 N–H and O–H groups in total. The lowest BCUT2D eigenvalue weighted by Crippen LogP contribution is -1.94. The summed E-state index contributed by atoms with van der Waals surface area (Å²) in [7, 11) is 0. The van der Waals surface area contributed by atoms with Gasteiger partial charge in [-0.2, -0.15) is 0 Å². The molecule has 0 aliphatic carbocycles. The number of rotatable bonds is 1. The summed E-state index contributed by atoms with van der Waals surface area (Å²) in [4.78, 5) is 0. The van der Waals surface area contributed by atoms with E-state index in [1.165, 1.54) is 60.1 Å². The SMILES string of the molecule is In1c2ccccc2c2c3ccc4c5ccccc5n(-c5ccccc5)c4c3ccc21. The van der Waals surface area contributed by atoms with E-state index in [9.17, 15) is 0 Å². The second kappa shape index (κ2) is 6.34. The van der Waals surface area contributed by atoms with E-state index in [1.54, 1.807) is 0 Å². The third-order valence-corrected chi connectivity index (χ3v) is 7.46. The molecular formula is C28H17IN2. The number of hydrogen-bond donors (Lipinski definition) is 0. The van der Waals surface area contributed by atoms with Gasteiger partial charge in [0, 0.05) is 32.6 Å². The second-order valence-corrected chi connectivity index (χ2v) is 8.97. The predicted octanol–water partition coefficient (Wildman–Crippen LogP) is 8.24. The molecule has 0 radical (unpaired) electrons. The maximum Gasteiger partial charge on any atom is 0.0646 e. The number of hydrogen-bond acceptors (Lipinski definition) is 0. The van der Waals surface area contributed by atoms with E-state index in [-0.39, 0.29) is 0 Å². The zero-order valence-corrected chi connectivity index (χ0v) is 18.7. The van der Waals surface area contributed by atoms with Crippen molar-refractivity contribution in [1.82, 2.24) is 7.35 Å². The monoisotopic (exact) mass is 508 g/mol. The average Bonchev–Trinajstić information content (AvgIpc) is 3.33. The first-order chi connectivity index (χ1) is 15.3. The Labute approximate surface area is 192 Å². The van der Waals surface area contributed by atoms with Crippen molar-refractivity contribution in [1.29, 1.82) is 0 Å². The summed E-state index contributed by atoms with van der Waals surface area (Å²) in [6, 6.07) is 37.3. The number of para-hydroxylation sites is 3. The lowest BCUT2D eigenvalue weighted by atomic mass is 10.0. The zero-order valence-electron chi connectivity index (χ0n) is 16.6. The highest BCUT2D eigenvalue weighted by atomic mass is 127. The molecule has 2 nitrogen and oxygen atoms in total. The molecule has 2 aromatic heterocycles. The van der Waals surface area contributed by atoms with E-state index in [4.69, 9.17) is 0 Å². The van der Waals surface area contributed by atoms with Crippen LogP contribution in [0.3, 0.4) is 0 Å². The molecule has 146 valence electrons. The van der Waals surface area contributed by atoms with Crippen LogP contribution in [0, 0.1) is 0 Å². The van der Waals surface area contributed by atoms with Crippen molar-refractivity contribution in [3.8, 4) is 5.69 Å². The van der Waals surface area contributed by atoms with Crippen LogP contribution in [-0.2, 0) is 0 Å². The van der Waals surface area contributed by atoms with Crippen LogP contribution >= 0.6 is 22.9 Å². The standard InChI is InChI=1S/C28H17IN2/c29-31-25-13-7-5-11-23(25)27-20-14-15-21-19-10-4-6-12-24(19)30(18-8-2-1-3-9-18)28(21)22(20)16-17-26(27)31/h1-17H. The zero-order chi connectivity index (χ0) is 20.5. The minimum Gasteiger partial charge on any atom is -0.309 e. The van der Waals surface area contributed by atoms with Crippen molar-refractivity contribution < 1.29 is 0 Å². The highest BCUT2D eigenvalue weighted by Crippen LogP contribution is 2.41. The molecule has 5 aromatic carbocycles. The van der Waals surface area contributed by atoms with Crippen LogP contribution in [0.15, 0.2) is 103 Å². The van der Waals surface area contributed by atoms with Crippen LogP contribution in [0.5, 0.6) is 0 Å². The lowest BCUT2D eigenvalue weighted by Gasteiger charge is -2.10. The van der Waals surface area contributed by atoms with Gasteiger partial charge in [0.1, 0.15) is 0 Å². The fourth-order valence-electron chi connectivity index (χ4n) is 5.13. The largest absolute Gasteiger partial charge is 0.309 e. The van der Waals surface area contributed by atoms with Gasteiger partial charge in [-0.05, 0) is 35.7 Å². The smallest absolute Gasteiger partial charge is 0.0646 e. The van der Waals surface area contributed by atoms with Gasteiger partial charge >= 0.3 is 0 Å². The Morgan fingerprint density at radius 2 is 1.06 bits per heavy atom. The van der Waals surface area contributed by atoms with Gasteiger partial charge in [-0.3, -0.25) is 2.78 Å². The highest BCUT2D eigenvalue weighted by Gasteiger charge is 2.18. The molecule has 0 atom stereocenters. The molecule has 0 aliphatic rings. The first kappa shape index (κ1) is 17.4. The van der Waals surface area contributed by atoms with E-state index < -0.39 is 0 Å². The molecule has 31 heavy (non-hydrogen) atoms. The number of nitrogens with zero attached hydrogens (tertiary/aromatic N) is 2. The van der Waals surface area contributed by atoms with E-state index in [0.29, 0.717) is 0 Å². The maximum atomic E-state index is 2.42. The van der Waals surface area contributed by atoms with Gasteiger partial charge < -0.3 is 4.57 Å². The highest BCUT2D eigenvalue weighted by molar-refractivity contribution is 14.1. The van der Waals surface area contributed by atoms with Crippen molar-refractivity contribution in [2.24, 2.45) is 0 Å². The molecule has 2 heterocycles. The van der Waals surface area contributed by atoms with E-state index in [2.05, 4.69) is 133 Å². The summed E-state index contributed by atoms with van der Waals surface area (Å²) in [6.07, 6.45) is 0. The molecule has 0 unspecified atom stereocenters. The van der Waals surface area contributed by atoms with Crippen molar-refractivity contribution in [2.75, 3.05) is 0 Å². The molecule has 7 aromatic rings. The number of halogens is 1. The van der Waals surface area contributed by atoms with Crippen molar-refractivity contribution in [3.63, 3.8) is 0 Å². The van der Waals surface area contributed by atoms with Gasteiger partial charge in [-0.1, -0.05) is 72.8 Å². The molecule has 0 saturated heterocycles. The Hall–Kier alpha value is -3.31. The van der Waals surface area contributed by atoms with Gasteiger partial charge in [-0.25, -0.2) is 0 Å². The van der Waals surface area contributed by atoms with Gasteiger partial charge in [0.15, 0.2) is 0 Å². The Morgan fingerprint density at radius 1 is 0.452 bits per heavy atom. The van der Waals surface area contributed by atoms with E-state index in [0.717, 1.165) is 0 Å². The fourth-order valence-corrected chi connectivity index (χ4v) is 5.95. The third-order valence-electron chi connectivity index (χ3n) is 6.42. The van der Waals surface area contributed by atoms with Crippen LogP contribution in [-0.4, -0.2) is 7.35 Å². The number of fused-ring (bicyclic) bond motifs is 9. The number of benzene rings is 5. The Bertz CT molecular complexity index is 1790. The first-order valence-electron chi connectivity index (χ1n) is 10.4. The molecule has 0 amide bonds. The second-order valence-electron chi connectivity index (χ2n) is 8.00. The lowest BCUT2D eigenvalue weighted by molar-refractivity contribution is 1.19. The minimum atomic E-state index is 1.19. The molecule has 0 bridgehead atoms. The number of aromatic nitrogens is 2. The molecule has 3 heteroatoms. The molecule has 0 fully saturated rings. The van der Waals surface area contributed by atoms with Crippen LogP contribution in [0.1, 0.15) is 0 Å². The van der Waals surface area contributed by atoms with Gasteiger partial charge in [-0.15, -0.1) is 0 Å².